The van der Waals surface area contributed by atoms with Gasteiger partial charge in [0.15, 0.2) is 0 Å². The van der Waals surface area contributed by atoms with Crippen molar-refractivity contribution in [3.63, 3.8) is 0 Å². The summed E-state index contributed by atoms with van der Waals surface area (Å²) in [5.41, 5.74) is 2.08. The van der Waals surface area contributed by atoms with Gasteiger partial charge in [0.05, 0.1) is 11.7 Å². The molecule has 2 aromatic rings. The molecule has 1 N–H and O–H groups in total. The van der Waals surface area contributed by atoms with Crippen LogP contribution in [0.1, 0.15) is 31.1 Å². The van der Waals surface area contributed by atoms with Gasteiger partial charge in [0.25, 0.3) is 5.91 Å². The molecular weight excluding hydrogens is 302 g/mol. The van der Waals surface area contributed by atoms with Gasteiger partial charge >= 0.3 is 0 Å². The van der Waals surface area contributed by atoms with Gasteiger partial charge in [-0.15, -0.1) is 0 Å². The van der Waals surface area contributed by atoms with E-state index < -0.39 is 0 Å². The molecule has 0 aliphatic carbocycles. The molecule has 0 aliphatic heterocycles. The normalized spacial score (nSPS) is 10.3. The largest absolute Gasteiger partial charge is 0.491 e. The van der Waals surface area contributed by atoms with Crippen molar-refractivity contribution in [2.24, 2.45) is 0 Å². The van der Waals surface area contributed by atoms with Crippen molar-refractivity contribution >= 4 is 11.6 Å². The van der Waals surface area contributed by atoms with E-state index in [2.05, 4.69) is 11.9 Å². The molecule has 0 bridgehead atoms. The third kappa shape index (κ3) is 5.16. The summed E-state index contributed by atoms with van der Waals surface area (Å²) in [6, 6.07) is 14.4. The van der Waals surface area contributed by atoms with Gasteiger partial charge in [-0.05, 0) is 62.7 Å². The van der Waals surface area contributed by atoms with Crippen LogP contribution in [0.25, 0.3) is 0 Å². The molecule has 0 saturated carbocycles. The van der Waals surface area contributed by atoms with Crippen LogP contribution in [0.4, 0.5) is 5.69 Å². The van der Waals surface area contributed by atoms with Crippen LogP contribution in [-0.4, -0.2) is 18.6 Å². The fourth-order valence-electron chi connectivity index (χ4n) is 2.07. The minimum absolute atomic E-state index is 0.114. The smallest absolute Gasteiger partial charge is 0.259 e. The monoisotopic (exact) mass is 325 g/mol. The lowest BCUT2D eigenvalue weighted by atomic mass is 10.1. The summed E-state index contributed by atoms with van der Waals surface area (Å²) < 4.78 is 11.2. The van der Waals surface area contributed by atoms with Gasteiger partial charge in [-0.3, -0.25) is 4.79 Å². The summed E-state index contributed by atoms with van der Waals surface area (Å²) >= 11 is 0. The maximum absolute atomic E-state index is 12.5. The fraction of sp³-hybridized carbons (Fsp3) is 0.250. The Morgan fingerprint density at radius 1 is 1.12 bits per heavy atom. The predicted octanol–water partition coefficient (Wildman–Crippen LogP) is 4.68. The van der Waals surface area contributed by atoms with Crippen molar-refractivity contribution in [2.75, 3.05) is 11.9 Å². The quantitative estimate of drug-likeness (QED) is 0.752. The van der Waals surface area contributed by atoms with E-state index in [1.807, 2.05) is 57.2 Å². The fourth-order valence-corrected chi connectivity index (χ4v) is 2.07. The Labute approximate surface area is 143 Å². The van der Waals surface area contributed by atoms with Crippen LogP contribution in [0.3, 0.4) is 0 Å². The summed E-state index contributed by atoms with van der Waals surface area (Å²) in [6.07, 6.45) is 0.114. The molecule has 0 atom stereocenters. The highest BCUT2D eigenvalue weighted by Crippen LogP contribution is 2.22. The molecule has 2 rings (SSSR count). The molecule has 0 aliphatic rings. The number of para-hydroxylation sites is 1. The Kier molecular flexibility index (Phi) is 6.01. The van der Waals surface area contributed by atoms with Crippen molar-refractivity contribution in [1.82, 2.24) is 0 Å². The van der Waals surface area contributed by atoms with Crippen LogP contribution in [-0.2, 0) is 0 Å². The van der Waals surface area contributed by atoms with Crippen LogP contribution in [0.5, 0.6) is 11.5 Å². The summed E-state index contributed by atoms with van der Waals surface area (Å²) in [7, 11) is 0. The van der Waals surface area contributed by atoms with Crippen LogP contribution in [0.15, 0.2) is 60.7 Å². The lowest BCUT2D eigenvalue weighted by molar-refractivity contribution is 0.102. The second-order valence-corrected chi connectivity index (χ2v) is 5.89. The van der Waals surface area contributed by atoms with E-state index in [0.29, 0.717) is 23.6 Å². The molecule has 4 heteroatoms. The Morgan fingerprint density at radius 2 is 1.79 bits per heavy atom. The lowest BCUT2D eigenvalue weighted by Gasteiger charge is -2.13. The molecule has 2 aromatic carbocycles. The SMILES string of the molecule is C=C(C)COc1ccccc1C(=O)Nc1ccc(OC(C)C)cc1. The second-order valence-electron chi connectivity index (χ2n) is 5.89. The summed E-state index contributed by atoms with van der Waals surface area (Å²) in [5.74, 6) is 1.09. The van der Waals surface area contributed by atoms with Gasteiger partial charge < -0.3 is 14.8 Å². The summed E-state index contributed by atoms with van der Waals surface area (Å²) in [5, 5.41) is 2.87. The Balaban J connectivity index is 2.08. The molecule has 0 fully saturated rings. The molecular formula is C20H23NO3. The molecule has 1 amide bonds. The molecule has 126 valence electrons. The maximum Gasteiger partial charge on any atom is 0.259 e. The highest BCUT2D eigenvalue weighted by Gasteiger charge is 2.12. The Morgan fingerprint density at radius 3 is 2.42 bits per heavy atom. The number of ether oxygens (including phenoxy) is 2. The molecule has 4 nitrogen and oxygen atoms in total. The van der Waals surface area contributed by atoms with E-state index in [1.54, 1.807) is 12.1 Å². The second kappa shape index (κ2) is 8.20. The minimum atomic E-state index is -0.218. The topological polar surface area (TPSA) is 47.6 Å². The number of nitrogens with one attached hydrogen (secondary N) is 1. The van der Waals surface area contributed by atoms with Gasteiger partial charge in [0, 0.05) is 5.69 Å². The number of carbonyl (C=O) groups excluding carboxylic acids is 1. The van der Waals surface area contributed by atoms with Gasteiger partial charge in [0.1, 0.15) is 18.1 Å². The lowest BCUT2D eigenvalue weighted by Crippen LogP contribution is -2.14. The van der Waals surface area contributed by atoms with Crippen molar-refractivity contribution in [3.8, 4) is 11.5 Å². The minimum Gasteiger partial charge on any atom is -0.491 e. The van der Waals surface area contributed by atoms with Crippen LogP contribution in [0.2, 0.25) is 0 Å². The van der Waals surface area contributed by atoms with Crippen LogP contribution in [0, 0.1) is 0 Å². The first-order valence-corrected chi connectivity index (χ1v) is 7.90. The number of hydrogen-bond acceptors (Lipinski definition) is 3. The van der Waals surface area contributed by atoms with Gasteiger partial charge in [-0.25, -0.2) is 0 Å². The number of rotatable bonds is 7. The van der Waals surface area contributed by atoms with Gasteiger partial charge in [0.2, 0.25) is 0 Å². The van der Waals surface area contributed by atoms with E-state index in [0.717, 1.165) is 11.3 Å². The zero-order valence-electron chi connectivity index (χ0n) is 14.3. The highest BCUT2D eigenvalue weighted by atomic mass is 16.5. The van der Waals surface area contributed by atoms with Crippen molar-refractivity contribution < 1.29 is 14.3 Å². The standard InChI is InChI=1S/C20H23NO3/c1-14(2)13-23-19-8-6-5-7-18(19)20(22)21-16-9-11-17(12-10-16)24-15(3)4/h5-12,15H,1,13H2,2-4H3,(H,21,22). The Bertz CT molecular complexity index is 705. The van der Waals surface area contributed by atoms with Crippen molar-refractivity contribution in [3.05, 3.63) is 66.2 Å². The van der Waals surface area contributed by atoms with E-state index >= 15 is 0 Å². The molecule has 0 aromatic heterocycles. The zero-order valence-corrected chi connectivity index (χ0v) is 14.3. The first-order valence-electron chi connectivity index (χ1n) is 7.90. The first-order chi connectivity index (χ1) is 11.5. The number of anilines is 1. The number of benzene rings is 2. The van der Waals surface area contributed by atoms with E-state index in [4.69, 9.17) is 9.47 Å². The first kappa shape index (κ1) is 17.6. The van der Waals surface area contributed by atoms with Gasteiger partial charge in [-0.2, -0.15) is 0 Å². The Hall–Kier alpha value is -2.75. The average molecular weight is 325 g/mol. The summed E-state index contributed by atoms with van der Waals surface area (Å²) in [6.45, 7) is 10.0. The van der Waals surface area contributed by atoms with E-state index in [-0.39, 0.29) is 12.0 Å². The third-order valence-electron chi connectivity index (χ3n) is 3.09. The van der Waals surface area contributed by atoms with E-state index in [9.17, 15) is 4.79 Å². The molecule has 0 saturated heterocycles. The third-order valence-corrected chi connectivity index (χ3v) is 3.09. The molecule has 0 unspecified atom stereocenters. The number of amides is 1. The van der Waals surface area contributed by atoms with Crippen LogP contribution >= 0.6 is 0 Å². The maximum atomic E-state index is 12.5. The highest BCUT2D eigenvalue weighted by molar-refractivity contribution is 6.06. The number of hydrogen-bond donors (Lipinski definition) is 1. The van der Waals surface area contributed by atoms with E-state index in [1.165, 1.54) is 0 Å². The van der Waals surface area contributed by atoms with Gasteiger partial charge in [-0.1, -0.05) is 18.7 Å². The zero-order chi connectivity index (χ0) is 17.5. The molecule has 0 heterocycles. The average Bonchev–Trinajstić information content (AvgIpc) is 2.54. The van der Waals surface area contributed by atoms with Crippen molar-refractivity contribution in [1.29, 1.82) is 0 Å². The molecule has 0 spiro atoms. The van der Waals surface area contributed by atoms with Crippen molar-refractivity contribution in [2.45, 2.75) is 26.9 Å². The van der Waals surface area contributed by atoms with Crippen LogP contribution < -0.4 is 14.8 Å². The summed E-state index contributed by atoms with van der Waals surface area (Å²) in [4.78, 5) is 12.5. The molecule has 0 radical (unpaired) electrons. The number of carbonyl (C=O) groups is 1. The predicted molar refractivity (Wildman–Crippen MR) is 96.9 cm³/mol. The molecule has 24 heavy (non-hydrogen) atoms.